The Hall–Kier alpha value is -4.21. The Morgan fingerprint density at radius 2 is 1.45 bits per heavy atom. The molecule has 0 unspecified atom stereocenters. The first-order valence-corrected chi connectivity index (χ1v) is 12.0. The number of imide groups is 1. The van der Waals surface area contributed by atoms with E-state index < -0.39 is 65.1 Å². The summed E-state index contributed by atoms with van der Waals surface area (Å²) in [5.74, 6) is -5.67. The van der Waals surface area contributed by atoms with Gasteiger partial charge in [0.05, 0.1) is 12.1 Å². The van der Waals surface area contributed by atoms with E-state index in [9.17, 15) is 28.3 Å². The van der Waals surface area contributed by atoms with Crippen molar-refractivity contribution >= 4 is 17.7 Å². The number of nitrogens with zero attached hydrogens (tertiary/aromatic N) is 1. The van der Waals surface area contributed by atoms with E-state index in [2.05, 4.69) is 5.32 Å². The summed E-state index contributed by atoms with van der Waals surface area (Å²) in [5.41, 5.74) is 6.85. The average molecular weight is 520 g/mol. The van der Waals surface area contributed by atoms with Gasteiger partial charge in [-0.1, -0.05) is 72.8 Å². The van der Waals surface area contributed by atoms with Crippen molar-refractivity contribution in [2.75, 3.05) is 0 Å². The highest BCUT2D eigenvalue weighted by Gasteiger charge is 2.44. The van der Waals surface area contributed by atoms with Gasteiger partial charge in [-0.25, -0.2) is 8.78 Å². The number of carbonyl (C=O) groups is 3. The Morgan fingerprint density at radius 1 is 0.895 bits per heavy atom. The van der Waals surface area contributed by atoms with Crippen molar-refractivity contribution in [3.05, 3.63) is 119 Å². The zero-order valence-corrected chi connectivity index (χ0v) is 20.5. The minimum absolute atomic E-state index is 0.405. The molecule has 0 aliphatic carbocycles. The maximum absolute atomic E-state index is 13.9. The van der Waals surface area contributed by atoms with E-state index in [4.69, 9.17) is 5.73 Å². The van der Waals surface area contributed by atoms with Crippen molar-refractivity contribution in [2.45, 2.75) is 37.1 Å². The topological polar surface area (TPSA) is 113 Å². The van der Waals surface area contributed by atoms with Gasteiger partial charge < -0.3 is 16.2 Å². The molecule has 0 aromatic heterocycles. The molecular formula is C29H27F2N3O4. The van der Waals surface area contributed by atoms with E-state index in [1.165, 1.54) is 6.92 Å². The van der Waals surface area contributed by atoms with Gasteiger partial charge in [0.25, 0.3) is 5.91 Å². The average Bonchev–Trinajstić information content (AvgIpc) is 3.07. The molecule has 3 amide bonds. The van der Waals surface area contributed by atoms with Crippen LogP contribution in [0, 0.1) is 11.6 Å². The van der Waals surface area contributed by atoms with E-state index in [-0.39, 0.29) is 0 Å². The van der Waals surface area contributed by atoms with Crippen LogP contribution in [0.3, 0.4) is 0 Å². The molecule has 38 heavy (non-hydrogen) atoms. The lowest BCUT2D eigenvalue weighted by molar-refractivity contribution is -0.158. The highest BCUT2D eigenvalue weighted by molar-refractivity contribution is 6.04. The minimum atomic E-state index is -2.13. The summed E-state index contributed by atoms with van der Waals surface area (Å²) < 4.78 is 27.7. The number of hydrogen-bond acceptors (Lipinski definition) is 5. The molecule has 196 valence electrons. The lowest BCUT2D eigenvalue weighted by atomic mass is 9.88. The van der Waals surface area contributed by atoms with Crippen LogP contribution in [0.4, 0.5) is 8.78 Å². The molecule has 4 rings (SSSR count). The van der Waals surface area contributed by atoms with Crippen molar-refractivity contribution < 1.29 is 28.3 Å². The van der Waals surface area contributed by atoms with Crippen LogP contribution in [-0.4, -0.2) is 39.8 Å². The van der Waals surface area contributed by atoms with Crippen molar-refractivity contribution in [2.24, 2.45) is 5.73 Å². The van der Waals surface area contributed by atoms with Gasteiger partial charge >= 0.3 is 0 Å². The van der Waals surface area contributed by atoms with Gasteiger partial charge in [-0.3, -0.25) is 19.3 Å². The Bertz CT molecular complexity index is 1330. The van der Waals surface area contributed by atoms with E-state index in [1.807, 2.05) is 30.3 Å². The molecule has 0 saturated heterocycles. The van der Waals surface area contributed by atoms with Crippen LogP contribution in [-0.2, 0) is 14.4 Å². The quantitative estimate of drug-likeness (QED) is 0.433. The van der Waals surface area contributed by atoms with Crippen molar-refractivity contribution in [1.29, 1.82) is 0 Å². The third-order valence-electron chi connectivity index (χ3n) is 6.34. The highest BCUT2D eigenvalue weighted by atomic mass is 19.1. The fraction of sp³-hybridized carbons (Fsp3) is 0.207. The molecule has 0 bridgehead atoms. The molecule has 1 aliphatic heterocycles. The summed E-state index contributed by atoms with van der Waals surface area (Å²) in [6.45, 7) is 1.34. The summed E-state index contributed by atoms with van der Waals surface area (Å²) >= 11 is 0. The Labute approximate surface area is 218 Å². The number of aliphatic hydroxyl groups excluding tert-OH is 1. The highest BCUT2D eigenvalue weighted by Crippen LogP contribution is 2.32. The fourth-order valence-corrected chi connectivity index (χ4v) is 4.50. The number of carbonyl (C=O) groups excluding carboxylic acids is 3. The number of halogens is 2. The number of hydrogen-bond donors (Lipinski definition) is 3. The predicted octanol–water partition coefficient (Wildman–Crippen LogP) is 3.28. The standard InChI is InChI=1S/C29H27F2N3O4/c1-17(32)28(37)34(29(38)26(35)20-14-21(30)16-22(31)15-20)25-23(18-8-4-2-5-9-18)12-13-24(33-27(25)36)19-10-6-3-7-11-19/h2-17,23-26,35H,32H2,1H3,(H,33,36)/t17-,23+,24+,25-,26-/m0/s1. The number of nitrogens with one attached hydrogen (secondary N) is 1. The lowest BCUT2D eigenvalue weighted by Gasteiger charge is -2.35. The molecule has 0 fully saturated rings. The van der Waals surface area contributed by atoms with Crippen LogP contribution >= 0.6 is 0 Å². The summed E-state index contributed by atoms with van der Waals surface area (Å²) in [5, 5.41) is 13.7. The SMILES string of the molecule is C[C@H](N)C(=O)N(C(=O)[C@@H](O)c1cc(F)cc(F)c1)[C@@H]1C(=O)N[C@@H](c2ccccc2)C=C[C@@H]1c1ccccc1. The van der Waals surface area contributed by atoms with Crippen LogP contribution in [0.5, 0.6) is 0 Å². The third-order valence-corrected chi connectivity index (χ3v) is 6.34. The van der Waals surface area contributed by atoms with Gasteiger partial charge in [0, 0.05) is 12.0 Å². The van der Waals surface area contributed by atoms with Crippen molar-refractivity contribution in [1.82, 2.24) is 10.2 Å². The minimum Gasteiger partial charge on any atom is -0.378 e. The molecule has 7 nitrogen and oxygen atoms in total. The second-order valence-electron chi connectivity index (χ2n) is 9.10. The van der Waals surface area contributed by atoms with Crippen LogP contribution in [0.15, 0.2) is 91.0 Å². The van der Waals surface area contributed by atoms with Gasteiger partial charge in [0.1, 0.15) is 17.7 Å². The summed E-state index contributed by atoms with van der Waals surface area (Å²) in [6.07, 6.45) is 1.35. The molecule has 3 aromatic rings. The second kappa shape index (κ2) is 11.5. The monoisotopic (exact) mass is 519 g/mol. The zero-order chi connectivity index (χ0) is 27.4. The van der Waals surface area contributed by atoms with Gasteiger partial charge in [-0.2, -0.15) is 0 Å². The number of amides is 3. The van der Waals surface area contributed by atoms with E-state index in [0.717, 1.165) is 17.7 Å². The molecular weight excluding hydrogens is 492 g/mol. The van der Waals surface area contributed by atoms with Crippen LogP contribution in [0.1, 0.15) is 41.7 Å². The molecule has 4 N–H and O–H groups in total. The second-order valence-corrected chi connectivity index (χ2v) is 9.10. The number of rotatable bonds is 6. The van der Waals surface area contributed by atoms with Gasteiger partial charge in [-0.15, -0.1) is 0 Å². The predicted molar refractivity (Wildman–Crippen MR) is 136 cm³/mol. The first kappa shape index (κ1) is 26.8. The van der Waals surface area contributed by atoms with Gasteiger partial charge in [0.15, 0.2) is 6.10 Å². The largest absolute Gasteiger partial charge is 0.378 e. The molecule has 0 saturated carbocycles. The van der Waals surface area contributed by atoms with E-state index in [1.54, 1.807) is 42.5 Å². The van der Waals surface area contributed by atoms with Crippen molar-refractivity contribution in [3.63, 3.8) is 0 Å². The van der Waals surface area contributed by atoms with Gasteiger partial charge in [-0.05, 0) is 35.7 Å². The van der Waals surface area contributed by atoms with Crippen molar-refractivity contribution in [3.8, 4) is 0 Å². The summed E-state index contributed by atoms with van der Waals surface area (Å²) in [4.78, 5) is 41.4. The smallest absolute Gasteiger partial charge is 0.263 e. The summed E-state index contributed by atoms with van der Waals surface area (Å²) in [7, 11) is 0. The molecule has 9 heteroatoms. The zero-order valence-electron chi connectivity index (χ0n) is 20.5. The van der Waals surface area contributed by atoms with Crippen LogP contribution in [0.25, 0.3) is 0 Å². The maximum Gasteiger partial charge on any atom is 0.263 e. The molecule has 1 aliphatic rings. The number of benzene rings is 3. The van der Waals surface area contributed by atoms with E-state index >= 15 is 0 Å². The first-order chi connectivity index (χ1) is 18.2. The molecule has 1 heterocycles. The first-order valence-electron chi connectivity index (χ1n) is 12.0. The molecule has 0 spiro atoms. The normalized spacial score (nSPS) is 20.7. The number of nitrogens with two attached hydrogens (primary N) is 1. The Kier molecular flexibility index (Phi) is 8.09. The summed E-state index contributed by atoms with van der Waals surface area (Å²) in [6, 6.07) is 16.8. The molecule has 0 radical (unpaired) electrons. The third kappa shape index (κ3) is 5.69. The Balaban J connectivity index is 1.82. The van der Waals surface area contributed by atoms with Gasteiger partial charge in [0.2, 0.25) is 11.8 Å². The van der Waals surface area contributed by atoms with Crippen LogP contribution < -0.4 is 11.1 Å². The fourth-order valence-electron chi connectivity index (χ4n) is 4.50. The number of aliphatic hydroxyl groups is 1. The van der Waals surface area contributed by atoms with Crippen LogP contribution in [0.2, 0.25) is 0 Å². The Morgan fingerprint density at radius 3 is 2.00 bits per heavy atom. The lowest BCUT2D eigenvalue weighted by Crippen LogP contribution is -2.58. The van der Waals surface area contributed by atoms with E-state index in [0.29, 0.717) is 16.5 Å². The molecule has 5 atom stereocenters. The maximum atomic E-state index is 13.9. The molecule has 3 aromatic carbocycles.